The van der Waals surface area contributed by atoms with E-state index in [0.717, 1.165) is 11.3 Å². The maximum absolute atomic E-state index is 13.2. The number of nitrogens with one attached hydrogen (secondary N) is 2. The minimum atomic E-state index is -0.698. The molecular formula is C29H29Cl2N3O6. The van der Waals surface area contributed by atoms with Gasteiger partial charge in [0.25, 0.3) is 0 Å². The topological polar surface area (TPSA) is 123 Å². The molecule has 0 saturated heterocycles. The molecule has 4 rings (SSSR count). The van der Waals surface area contributed by atoms with E-state index in [4.69, 9.17) is 42.1 Å². The van der Waals surface area contributed by atoms with Crippen molar-refractivity contribution < 1.29 is 34.2 Å². The lowest BCUT2D eigenvalue weighted by Gasteiger charge is -2.20. The number of nitrogens with zero attached hydrogens (tertiary/aromatic N) is 1. The van der Waals surface area contributed by atoms with Crippen LogP contribution in [0.3, 0.4) is 0 Å². The largest absolute Gasteiger partial charge is 0.870 e. The second kappa shape index (κ2) is 14.4. The number of H-pyrrole nitrogens is 1. The summed E-state index contributed by atoms with van der Waals surface area (Å²) in [7, 11) is 4.70. The standard InChI is InChI=1S/C29H27Cl2N3O5.H2O/c1-36-22-11-21(14-32-15-22)34-13-18-4-6-19(7-5-18)29(35)39-27(12-23-24(30)16-33-17-25(23)31)20-8-9-26(37-2)28(10-20)38-3;/h4-11,14-17,27,34H,12-13H2,1-3H3;1H2/t27-;/m0./s1. The fourth-order valence-electron chi connectivity index (χ4n) is 3.92. The van der Waals surface area contributed by atoms with Gasteiger partial charge in [0.1, 0.15) is 21.9 Å². The van der Waals surface area contributed by atoms with Crippen LogP contribution in [-0.4, -0.2) is 37.8 Å². The number of hydrogen-bond donors (Lipinski definition) is 1. The average molecular weight is 586 g/mol. The van der Waals surface area contributed by atoms with E-state index in [0.29, 0.717) is 50.5 Å². The summed E-state index contributed by atoms with van der Waals surface area (Å²) >= 11 is 12.8. The van der Waals surface area contributed by atoms with Crippen LogP contribution in [0.4, 0.5) is 5.69 Å². The van der Waals surface area contributed by atoms with Gasteiger partial charge in [0.05, 0.1) is 45.0 Å². The highest BCUT2D eigenvalue weighted by Gasteiger charge is 2.24. The predicted molar refractivity (Wildman–Crippen MR) is 151 cm³/mol. The molecule has 0 saturated carbocycles. The first-order chi connectivity index (χ1) is 18.9. The number of aromatic nitrogens is 2. The average Bonchev–Trinajstić information content (AvgIpc) is 2.97. The summed E-state index contributed by atoms with van der Waals surface area (Å²) < 4.78 is 22.0. The van der Waals surface area contributed by atoms with Crippen LogP contribution in [-0.2, 0) is 17.7 Å². The van der Waals surface area contributed by atoms with Crippen LogP contribution in [0.5, 0.6) is 17.2 Å². The molecule has 0 amide bonds. The molecule has 9 nitrogen and oxygen atoms in total. The van der Waals surface area contributed by atoms with Crippen molar-refractivity contribution in [2.45, 2.75) is 19.1 Å². The number of benzene rings is 2. The molecule has 0 bridgehead atoms. The smallest absolute Gasteiger partial charge is 0.338 e. The number of halogens is 2. The molecule has 0 spiro atoms. The minimum Gasteiger partial charge on any atom is -0.870 e. The van der Waals surface area contributed by atoms with E-state index in [2.05, 4.69) is 15.3 Å². The highest BCUT2D eigenvalue weighted by molar-refractivity contribution is 6.35. The van der Waals surface area contributed by atoms with Gasteiger partial charge in [-0.15, -0.1) is 0 Å². The van der Waals surface area contributed by atoms with E-state index in [1.54, 1.807) is 70.4 Å². The molecule has 2 aromatic heterocycles. The van der Waals surface area contributed by atoms with Gasteiger partial charge in [0.15, 0.2) is 23.9 Å². The molecule has 3 N–H and O–H groups in total. The van der Waals surface area contributed by atoms with Crippen LogP contribution in [0.15, 0.2) is 73.3 Å². The van der Waals surface area contributed by atoms with Crippen molar-refractivity contribution in [1.82, 2.24) is 4.98 Å². The Morgan fingerprint density at radius 2 is 1.62 bits per heavy atom. The van der Waals surface area contributed by atoms with Crippen molar-refractivity contribution in [2.24, 2.45) is 0 Å². The van der Waals surface area contributed by atoms with Crippen molar-refractivity contribution in [3.05, 3.63) is 106 Å². The number of hydrogen-bond acceptors (Lipinski definition) is 8. The summed E-state index contributed by atoms with van der Waals surface area (Å²) in [5, 5.41) is 4.16. The highest BCUT2D eigenvalue weighted by Crippen LogP contribution is 2.35. The Morgan fingerprint density at radius 1 is 0.925 bits per heavy atom. The molecule has 0 radical (unpaired) electrons. The van der Waals surface area contributed by atoms with E-state index in [1.807, 2.05) is 24.3 Å². The summed E-state index contributed by atoms with van der Waals surface area (Å²) in [5.74, 6) is 1.25. The maximum atomic E-state index is 13.2. The zero-order valence-electron chi connectivity index (χ0n) is 22.1. The molecule has 4 aromatic rings. The van der Waals surface area contributed by atoms with Crippen LogP contribution in [0.2, 0.25) is 10.0 Å². The minimum absolute atomic E-state index is 0. The molecule has 0 aliphatic carbocycles. The van der Waals surface area contributed by atoms with Crippen molar-refractivity contribution in [3.63, 3.8) is 0 Å². The third-order valence-corrected chi connectivity index (χ3v) is 6.72. The van der Waals surface area contributed by atoms with Gasteiger partial charge in [0.2, 0.25) is 0 Å². The second-order valence-electron chi connectivity index (χ2n) is 8.51. The zero-order chi connectivity index (χ0) is 27.8. The van der Waals surface area contributed by atoms with Crippen LogP contribution in [0, 0.1) is 0 Å². The number of rotatable bonds is 11. The zero-order valence-corrected chi connectivity index (χ0v) is 23.6. The van der Waals surface area contributed by atoms with Crippen molar-refractivity contribution in [1.29, 1.82) is 0 Å². The predicted octanol–water partition coefficient (Wildman–Crippen LogP) is 5.80. The van der Waals surface area contributed by atoms with E-state index in [1.165, 1.54) is 0 Å². The van der Waals surface area contributed by atoms with E-state index < -0.39 is 12.1 Å². The van der Waals surface area contributed by atoms with Gasteiger partial charge >= 0.3 is 5.97 Å². The molecule has 0 unspecified atom stereocenters. The Balaban J connectivity index is 0.00000441. The number of methoxy groups -OCH3 is 3. The van der Waals surface area contributed by atoms with Gasteiger partial charge < -0.3 is 29.7 Å². The highest BCUT2D eigenvalue weighted by atomic mass is 35.5. The third kappa shape index (κ3) is 7.53. The first-order valence-electron chi connectivity index (χ1n) is 12.0. The molecular weight excluding hydrogens is 557 g/mol. The van der Waals surface area contributed by atoms with E-state index in [-0.39, 0.29) is 11.9 Å². The van der Waals surface area contributed by atoms with Gasteiger partial charge in [-0.3, -0.25) is 4.98 Å². The Bertz CT molecular complexity index is 1420. The Hall–Kier alpha value is -4.05. The van der Waals surface area contributed by atoms with Gasteiger partial charge in [-0.25, -0.2) is 9.78 Å². The van der Waals surface area contributed by atoms with Gasteiger partial charge in [-0.05, 0) is 35.4 Å². The number of anilines is 1. The molecule has 0 aliphatic heterocycles. The molecule has 2 aromatic carbocycles. The van der Waals surface area contributed by atoms with Crippen molar-refractivity contribution in [3.8, 4) is 17.2 Å². The fraction of sp³-hybridized carbons (Fsp3) is 0.207. The first-order valence-corrected chi connectivity index (χ1v) is 12.8. The maximum Gasteiger partial charge on any atom is 0.338 e. The number of carbonyl (C=O) groups excluding carboxylic acids is 1. The number of aromatic amines is 1. The lowest BCUT2D eigenvalue weighted by atomic mass is 10.0. The number of pyridine rings is 2. The Labute approximate surface area is 242 Å². The molecule has 0 fully saturated rings. The van der Waals surface area contributed by atoms with Gasteiger partial charge in [-0.2, -0.15) is 0 Å². The van der Waals surface area contributed by atoms with Gasteiger partial charge in [0, 0.05) is 24.6 Å². The normalized spacial score (nSPS) is 11.1. The quantitative estimate of drug-likeness (QED) is 0.219. The third-order valence-electron chi connectivity index (χ3n) is 6.05. The van der Waals surface area contributed by atoms with E-state index >= 15 is 0 Å². The first kappa shape index (κ1) is 30.5. The molecule has 11 heteroatoms. The molecule has 40 heavy (non-hydrogen) atoms. The summed E-state index contributed by atoms with van der Waals surface area (Å²) in [4.78, 5) is 20.3. The van der Waals surface area contributed by atoms with Crippen LogP contribution in [0.25, 0.3) is 0 Å². The summed E-state index contributed by atoms with van der Waals surface area (Å²) in [6.07, 6.45) is 6.17. The Morgan fingerprint density at radius 3 is 2.27 bits per heavy atom. The SMILES string of the molecule is COc1cncc(NCc2ccc(C(=O)O[C@@H](Cc3c(Cl)c[nH+]cc3Cl)c3ccc(OC)c(OC)c3)cc2)c1.[OH-]. The molecule has 210 valence electrons. The van der Waals surface area contributed by atoms with Crippen molar-refractivity contribution >= 4 is 34.9 Å². The monoisotopic (exact) mass is 585 g/mol. The van der Waals surface area contributed by atoms with Crippen LogP contribution >= 0.6 is 23.2 Å². The number of carbonyl (C=O) groups is 1. The molecule has 1 atom stereocenters. The fourth-order valence-corrected chi connectivity index (χ4v) is 4.46. The lowest BCUT2D eigenvalue weighted by molar-refractivity contribution is -0.377. The second-order valence-corrected chi connectivity index (χ2v) is 9.32. The van der Waals surface area contributed by atoms with E-state index in [9.17, 15) is 4.79 Å². The van der Waals surface area contributed by atoms with Crippen LogP contribution < -0.4 is 24.5 Å². The summed E-state index contributed by atoms with van der Waals surface area (Å²) in [5.41, 5.74) is 3.56. The lowest BCUT2D eigenvalue weighted by Crippen LogP contribution is -2.16. The molecule has 2 heterocycles. The van der Waals surface area contributed by atoms with Crippen LogP contribution in [0.1, 0.15) is 33.2 Å². The van der Waals surface area contributed by atoms with Gasteiger partial charge in [-0.1, -0.05) is 41.4 Å². The van der Waals surface area contributed by atoms with Crippen molar-refractivity contribution in [2.75, 3.05) is 26.6 Å². The molecule has 0 aliphatic rings. The summed E-state index contributed by atoms with van der Waals surface area (Å²) in [6.45, 7) is 0.542. The number of ether oxygens (including phenoxy) is 4. The summed E-state index contributed by atoms with van der Waals surface area (Å²) in [6, 6.07) is 14.4. The Kier molecular flexibility index (Phi) is 11.0. The number of esters is 1.